The third kappa shape index (κ3) is 4.79. The zero-order chi connectivity index (χ0) is 15.2. The Morgan fingerprint density at radius 2 is 2.00 bits per heavy atom. The van der Waals surface area contributed by atoms with Crippen LogP contribution in [0.25, 0.3) is 0 Å². The Morgan fingerprint density at radius 1 is 1.19 bits per heavy atom. The molecule has 2 aromatic rings. The van der Waals surface area contributed by atoms with Crippen molar-refractivity contribution in [1.29, 1.82) is 0 Å². The summed E-state index contributed by atoms with van der Waals surface area (Å²) in [6.45, 7) is 4.98. The molecule has 0 fully saturated rings. The van der Waals surface area contributed by atoms with Gasteiger partial charge in [-0.3, -0.25) is 4.98 Å². The number of pyridine rings is 1. The Hall–Kier alpha value is -2.01. The van der Waals surface area contributed by atoms with E-state index in [2.05, 4.69) is 24.1 Å². The number of halogens is 2. The maximum Gasteiger partial charge on any atom is 0.165 e. The van der Waals surface area contributed by atoms with Crippen molar-refractivity contribution in [3.8, 4) is 5.75 Å². The van der Waals surface area contributed by atoms with Gasteiger partial charge in [-0.15, -0.1) is 0 Å². The highest BCUT2D eigenvalue weighted by molar-refractivity contribution is 5.25. The van der Waals surface area contributed by atoms with Crippen LogP contribution in [-0.2, 0) is 13.2 Å². The van der Waals surface area contributed by atoms with Gasteiger partial charge in [-0.1, -0.05) is 19.9 Å². The fraction of sp³-hybridized carbons (Fsp3) is 0.312. The average Bonchev–Trinajstić information content (AvgIpc) is 2.47. The summed E-state index contributed by atoms with van der Waals surface area (Å²) in [5.41, 5.74) is 1.72. The second-order valence-electron chi connectivity index (χ2n) is 5.06. The number of hydrogen-bond donors (Lipinski definition) is 1. The average molecular weight is 292 g/mol. The molecule has 0 aliphatic heterocycles. The highest BCUT2D eigenvalue weighted by atomic mass is 19.1. The molecule has 1 N–H and O–H groups in total. The molecule has 0 spiro atoms. The molecule has 0 amide bonds. The van der Waals surface area contributed by atoms with Gasteiger partial charge in [0.1, 0.15) is 12.4 Å². The number of rotatable bonds is 6. The standard InChI is InChI=1S/C16H18F2N2O/c1-11(2)19-8-12-3-5-14(20-9-12)10-21-16-7-13(17)4-6-15(16)18/h3-7,9,11,19H,8,10H2,1-2H3. The molecule has 0 bridgehead atoms. The van der Waals surface area contributed by atoms with E-state index in [1.54, 1.807) is 6.20 Å². The lowest BCUT2D eigenvalue weighted by Gasteiger charge is -2.09. The van der Waals surface area contributed by atoms with Crippen LogP contribution in [0.4, 0.5) is 8.78 Å². The summed E-state index contributed by atoms with van der Waals surface area (Å²) in [4.78, 5) is 4.24. The van der Waals surface area contributed by atoms with Crippen LogP contribution >= 0.6 is 0 Å². The van der Waals surface area contributed by atoms with E-state index in [4.69, 9.17) is 4.74 Å². The van der Waals surface area contributed by atoms with Crippen molar-refractivity contribution < 1.29 is 13.5 Å². The van der Waals surface area contributed by atoms with Gasteiger partial charge in [-0.05, 0) is 23.8 Å². The van der Waals surface area contributed by atoms with E-state index in [1.807, 2.05) is 12.1 Å². The van der Waals surface area contributed by atoms with E-state index in [-0.39, 0.29) is 12.4 Å². The molecule has 0 unspecified atom stereocenters. The zero-order valence-corrected chi connectivity index (χ0v) is 12.1. The highest BCUT2D eigenvalue weighted by Gasteiger charge is 2.06. The highest BCUT2D eigenvalue weighted by Crippen LogP contribution is 2.19. The first kappa shape index (κ1) is 15.4. The van der Waals surface area contributed by atoms with Crippen molar-refractivity contribution in [3.63, 3.8) is 0 Å². The van der Waals surface area contributed by atoms with Crippen LogP contribution < -0.4 is 10.1 Å². The molecule has 112 valence electrons. The molecule has 0 radical (unpaired) electrons. The van der Waals surface area contributed by atoms with Crippen LogP contribution in [0.15, 0.2) is 36.5 Å². The summed E-state index contributed by atoms with van der Waals surface area (Å²) < 4.78 is 31.6. The quantitative estimate of drug-likeness (QED) is 0.885. The predicted octanol–water partition coefficient (Wildman–Crippen LogP) is 3.44. The van der Waals surface area contributed by atoms with E-state index >= 15 is 0 Å². The molecule has 5 heteroatoms. The molecule has 21 heavy (non-hydrogen) atoms. The number of ether oxygens (including phenoxy) is 1. The third-order valence-corrected chi connectivity index (χ3v) is 2.87. The van der Waals surface area contributed by atoms with E-state index in [1.165, 1.54) is 0 Å². The second-order valence-corrected chi connectivity index (χ2v) is 5.06. The van der Waals surface area contributed by atoms with Crippen molar-refractivity contribution in [3.05, 3.63) is 59.4 Å². The molecule has 0 saturated carbocycles. The van der Waals surface area contributed by atoms with E-state index < -0.39 is 11.6 Å². The number of hydrogen-bond acceptors (Lipinski definition) is 3. The monoisotopic (exact) mass is 292 g/mol. The maximum absolute atomic E-state index is 13.4. The normalized spacial score (nSPS) is 10.9. The van der Waals surface area contributed by atoms with Crippen molar-refractivity contribution in [2.75, 3.05) is 0 Å². The summed E-state index contributed by atoms with van der Waals surface area (Å²) in [7, 11) is 0. The minimum absolute atomic E-state index is 0.0955. The Bertz CT molecular complexity index is 585. The first-order chi connectivity index (χ1) is 10.0. The maximum atomic E-state index is 13.4. The minimum atomic E-state index is -0.589. The molecule has 1 aromatic carbocycles. The minimum Gasteiger partial charge on any atom is -0.484 e. The lowest BCUT2D eigenvalue weighted by atomic mass is 10.2. The number of benzene rings is 1. The lowest BCUT2D eigenvalue weighted by Crippen LogP contribution is -2.21. The molecule has 0 aliphatic rings. The molecule has 0 atom stereocenters. The SMILES string of the molecule is CC(C)NCc1ccc(COc2cc(F)ccc2F)nc1. The summed E-state index contributed by atoms with van der Waals surface area (Å²) in [6, 6.07) is 7.27. The van der Waals surface area contributed by atoms with Crippen LogP contribution in [0.1, 0.15) is 25.1 Å². The molecule has 2 rings (SSSR count). The Morgan fingerprint density at radius 3 is 2.67 bits per heavy atom. The van der Waals surface area contributed by atoms with Crippen LogP contribution in [0.5, 0.6) is 5.75 Å². The predicted molar refractivity (Wildman–Crippen MR) is 76.9 cm³/mol. The van der Waals surface area contributed by atoms with E-state index in [0.29, 0.717) is 11.7 Å². The van der Waals surface area contributed by atoms with Gasteiger partial charge >= 0.3 is 0 Å². The molecule has 0 saturated heterocycles. The van der Waals surface area contributed by atoms with Crippen LogP contribution in [0.2, 0.25) is 0 Å². The number of nitrogens with zero attached hydrogens (tertiary/aromatic N) is 1. The molecular formula is C16H18F2N2O. The Labute approximate surface area is 123 Å². The lowest BCUT2D eigenvalue weighted by molar-refractivity contribution is 0.284. The topological polar surface area (TPSA) is 34.1 Å². The first-order valence-electron chi connectivity index (χ1n) is 6.79. The summed E-state index contributed by atoms with van der Waals surface area (Å²) in [6.07, 6.45) is 1.75. The van der Waals surface area contributed by atoms with Crippen LogP contribution in [-0.4, -0.2) is 11.0 Å². The molecule has 0 aliphatic carbocycles. The fourth-order valence-corrected chi connectivity index (χ4v) is 1.71. The van der Waals surface area contributed by atoms with Gasteiger partial charge in [0.15, 0.2) is 11.6 Å². The summed E-state index contributed by atoms with van der Waals surface area (Å²) >= 11 is 0. The second kappa shape index (κ2) is 7.13. The van der Waals surface area contributed by atoms with Gasteiger partial charge in [0, 0.05) is 24.8 Å². The van der Waals surface area contributed by atoms with Gasteiger partial charge in [-0.2, -0.15) is 0 Å². The summed E-state index contributed by atoms with van der Waals surface area (Å²) in [5.74, 6) is -1.23. The smallest absolute Gasteiger partial charge is 0.165 e. The van der Waals surface area contributed by atoms with Crippen LogP contribution in [0.3, 0.4) is 0 Å². The van der Waals surface area contributed by atoms with E-state index in [9.17, 15) is 8.78 Å². The van der Waals surface area contributed by atoms with Gasteiger partial charge in [-0.25, -0.2) is 8.78 Å². The van der Waals surface area contributed by atoms with Gasteiger partial charge in [0.05, 0.1) is 5.69 Å². The Kier molecular flexibility index (Phi) is 5.22. The summed E-state index contributed by atoms with van der Waals surface area (Å²) in [5, 5.41) is 3.29. The van der Waals surface area contributed by atoms with Crippen LogP contribution in [0, 0.1) is 11.6 Å². The largest absolute Gasteiger partial charge is 0.484 e. The van der Waals surface area contributed by atoms with Gasteiger partial charge in [0.25, 0.3) is 0 Å². The Balaban J connectivity index is 1.93. The fourth-order valence-electron chi connectivity index (χ4n) is 1.71. The third-order valence-electron chi connectivity index (χ3n) is 2.87. The van der Waals surface area contributed by atoms with E-state index in [0.717, 1.165) is 30.3 Å². The zero-order valence-electron chi connectivity index (χ0n) is 12.1. The van der Waals surface area contributed by atoms with Crippen molar-refractivity contribution in [2.24, 2.45) is 0 Å². The van der Waals surface area contributed by atoms with Gasteiger partial charge in [0.2, 0.25) is 0 Å². The number of aromatic nitrogens is 1. The molecule has 3 nitrogen and oxygen atoms in total. The van der Waals surface area contributed by atoms with Gasteiger partial charge < -0.3 is 10.1 Å². The first-order valence-corrected chi connectivity index (χ1v) is 6.79. The molecular weight excluding hydrogens is 274 g/mol. The van der Waals surface area contributed by atoms with Crippen molar-refractivity contribution in [1.82, 2.24) is 10.3 Å². The van der Waals surface area contributed by atoms with Crippen molar-refractivity contribution >= 4 is 0 Å². The van der Waals surface area contributed by atoms with Crippen molar-refractivity contribution in [2.45, 2.75) is 33.0 Å². The molecule has 1 heterocycles. The number of nitrogens with one attached hydrogen (secondary N) is 1. The molecule has 1 aromatic heterocycles.